The summed E-state index contributed by atoms with van der Waals surface area (Å²) in [5, 5.41) is 11.8. The number of nitrogen functional groups attached to an aromatic ring is 1. The summed E-state index contributed by atoms with van der Waals surface area (Å²) >= 11 is 0. The highest BCUT2D eigenvalue weighted by Crippen LogP contribution is 2.44. The molecule has 82 valence electrons. The first-order chi connectivity index (χ1) is 7.15. The van der Waals surface area contributed by atoms with E-state index in [1.54, 1.807) is 12.3 Å². The largest absolute Gasteiger partial charge is 0.397 e. The Hall–Kier alpha value is -1.49. The summed E-state index contributed by atoms with van der Waals surface area (Å²) in [6, 6.07) is 1.59. The normalized spacial score (nSPS) is 17.4. The van der Waals surface area contributed by atoms with Gasteiger partial charge >= 0.3 is 0 Å². The van der Waals surface area contributed by atoms with Gasteiger partial charge in [0.15, 0.2) is 0 Å². The molecule has 5 N–H and O–H groups in total. The lowest BCUT2D eigenvalue weighted by Crippen LogP contribution is -2.32. The predicted molar refractivity (Wildman–Crippen MR) is 56.3 cm³/mol. The number of amides is 1. The number of rotatable bonds is 4. The number of carbonyl (C=O) groups is 1. The van der Waals surface area contributed by atoms with Crippen molar-refractivity contribution in [3.63, 3.8) is 0 Å². The molecule has 1 saturated carbocycles. The lowest BCUT2D eigenvalue weighted by atomic mass is 10.1. The summed E-state index contributed by atoms with van der Waals surface area (Å²) in [4.78, 5) is 14.3. The maximum atomic E-state index is 11.6. The van der Waals surface area contributed by atoms with Crippen molar-refractivity contribution in [3.8, 4) is 0 Å². The van der Waals surface area contributed by atoms with Crippen molar-refractivity contribution >= 4 is 11.6 Å². The number of hydrogen-bond acceptors (Lipinski definition) is 3. The van der Waals surface area contributed by atoms with Crippen LogP contribution in [0, 0.1) is 5.41 Å². The molecule has 1 aliphatic carbocycles. The average Bonchev–Trinajstić information content (AvgIpc) is 2.90. The van der Waals surface area contributed by atoms with Crippen LogP contribution in [0.4, 0.5) is 5.69 Å². The van der Waals surface area contributed by atoms with Crippen LogP contribution in [0.1, 0.15) is 23.3 Å². The Labute approximate surface area is 87.7 Å². The number of aromatic nitrogens is 1. The van der Waals surface area contributed by atoms with Crippen LogP contribution in [-0.2, 0) is 0 Å². The SMILES string of the molecule is Nc1c[nH]c(C(=O)NCC2(CO)CC2)c1. The van der Waals surface area contributed by atoms with E-state index < -0.39 is 0 Å². The van der Waals surface area contributed by atoms with Crippen molar-refractivity contribution in [1.29, 1.82) is 0 Å². The van der Waals surface area contributed by atoms with Gasteiger partial charge in [-0.2, -0.15) is 0 Å². The van der Waals surface area contributed by atoms with E-state index in [-0.39, 0.29) is 17.9 Å². The lowest BCUT2D eigenvalue weighted by Gasteiger charge is -2.11. The van der Waals surface area contributed by atoms with Gasteiger partial charge in [-0.05, 0) is 18.9 Å². The van der Waals surface area contributed by atoms with Gasteiger partial charge in [-0.25, -0.2) is 0 Å². The maximum absolute atomic E-state index is 11.6. The van der Waals surface area contributed by atoms with E-state index in [2.05, 4.69) is 10.3 Å². The van der Waals surface area contributed by atoms with Crippen molar-refractivity contribution < 1.29 is 9.90 Å². The van der Waals surface area contributed by atoms with Crippen molar-refractivity contribution in [1.82, 2.24) is 10.3 Å². The molecule has 0 saturated heterocycles. The minimum absolute atomic E-state index is 0.0617. The van der Waals surface area contributed by atoms with Crippen LogP contribution in [0.15, 0.2) is 12.3 Å². The average molecular weight is 209 g/mol. The van der Waals surface area contributed by atoms with E-state index >= 15 is 0 Å². The van der Waals surface area contributed by atoms with Crippen LogP contribution >= 0.6 is 0 Å². The van der Waals surface area contributed by atoms with E-state index in [1.165, 1.54) is 0 Å². The molecule has 15 heavy (non-hydrogen) atoms. The minimum atomic E-state index is -0.175. The Morgan fingerprint density at radius 1 is 1.67 bits per heavy atom. The van der Waals surface area contributed by atoms with Crippen molar-refractivity contribution in [2.24, 2.45) is 5.41 Å². The summed E-state index contributed by atoms with van der Waals surface area (Å²) in [5.41, 5.74) is 6.43. The first kappa shape index (κ1) is 10.0. The molecule has 1 aromatic heterocycles. The number of anilines is 1. The minimum Gasteiger partial charge on any atom is -0.397 e. The Morgan fingerprint density at radius 3 is 2.87 bits per heavy atom. The second-order valence-electron chi connectivity index (χ2n) is 4.19. The number of carbonyl (C=O) groups excluding carboxylic acids is 1. The molecular weight excluding hydrogens is 194 g/mol. The molecule has 2 rings (SSSR count). The molecule has 1 aromatic rings. The van der Waals surface area contributed by atoms with Gasteiger partial charge in [0.2, 0.25) is 0 Å². The van der Waals surface area contributed by atoms with Gasteiger partial charge in [-0.3, -0.25) is 4.79 Å². The fourth-order valence-corrected chi connectivity index (χ4v) is 1.47. The monoisotopic (exact) mass is 209 g/mol. The molecule has 1 heterocycles. The Kier molecular flexibility index (Phi) is 2.40. The van der Waals surface area contributed by atoms with E-state index in [9.17, 15) is 4.79 Å². The molecule has 1 fully saturated rings. The van der Waals surface area contributed by atoms with Gasteiger partial charge in [-0.1, -0.05) is 0 Å². The van der Waals surface area contributed by atoms with Gasteiger partial charge in [0.05, 0.1) is 6.61 Å². The molecule has 1 amide bonds. The zero-order valence-electron chi connectivity index (χ0n) is 8.42. The van der Waals surface area contributed by atoms with Crippen molar-refractivity contribution in [2.45, 2.75) is 12.8 Å². The zero-order chi connectivity index (χ0) is 10.9. The summed E-state index contributed by atoms with van der Waals surface area (Å²) in [7, 11) is 0. The molecule has 0 atom stereocenters. The van der Waals surface area contributed by atoms with Gasteiger partial charge < -0.3 is 21.1 Å². The van der Waals surface area contributed by atoms with E-state index in [0.29, 0.717) is 17.9 Å². The number of nitrogens with two attached hydrogens (primary N) is 1. The topological polar surface area (TPSA) is 91.1 Å². The van der Waals surface area contributed by atoms with Crippen molar-refractivity contribution in [2.75, 3.05) is 18.9 Å². The van der Waals surface area contributed by atoms with Crippen LogP contribution in [0.5, 0.6) is 0 Å². The molecule has 5 nitrogen and oxygen atoms in total. The third kappa shape index (κ3) is 2.12. The van der Waals surface area contributed by atoms with Gasteiger partial charge in [-0.15, -0.1) is 0 Å². The highest BCUT2D eigenvalue weighted by atomic mass is 16.3. The second-order valence-corrected chi connectivity index (χ2v) is 4.19. The fraction of sp³-hybridized carbons (Fsp3) is 0.500. The van der Waals surface area contributed by atoms with Gasteiger partial charge in [0.25, 0.3) is 5.91 Å². The predicted octanol–water partition coefficient (Wildman–Crippen LogP) is 0.0992. The summed E-state index contributed by atoms with van der Waals surface area (Å²) in [6.45, 7) is 0.668. The molecule has 5 heteroatoms. The smallest absolute Gasteiger partial charge is 0.267 e. The first-order valence-corrected chi connectivity index (χ1v) is 4.98. The molecule has 0 spiro atoms. The first-order valence-electron chi connectivity index (χ1n) is 4.98. The molecule has 0 bridgehead atoms. The number of nitrogens with one attached hydrogen (secondary N) is 2. The van der Waals surface area contributed by atoms with Crippen LogP contribution in [0.25, 0.3) is 0 Å². The quantitative estimate of drug-likeness (QED) is 0.566. The number of aliphatic hydroxyl groups excluding tert-OH is 1. The zero-order valence-corrected chi connectivity index (χ0v) is 8.42. The van der Waals surface area contributed by atoms with E-state index in [4.69, 9.17) is 10.8 Å². The number of aliphatic hydroxyl groups is 1. The number of aromatic amines is 1. The second kappa shape index (κ2) is 3.58. The molecule has 0 radical (unpaired) electrons. The standard InChI is InChI=1S/C10H15N3O2/c11-7-3-8(12-4-7)9(15)13-5-10(6-14)1-2-10/h3-4,12,14H,1-2,5-6,11H2,(H,13,15). The van der Waals surface area contributed by atoms with Crippen LogP contribution < -0.4 is 11.1 Å². The molecule has 0 aromatic carbocycles. The Bertz CT molecular complexity index is 368. The Balaban J connectivity index is 1.88. The third-order valence-electron chi connectivity index (χ3n) is 2.87. The molecule has 0 unspecified atom stereocenters. The number of H-pyrrole nitrogens is 1. The van der Waals surface area contributed by atoms with Gasteiger partial charge in [0, 0.05) is 23.8 Å². The van der Waals surface area contributed by atoms with Crippen molar-refractivity contribution in [3.05, 3.63) is 18.0 Å². The molecule has 0 aliphatic heterocycles. The third-order valence-corrected chi connectivity index (χ3v) is 2.87. The van der Waals surface area contributed by atoms with E-state index in [0.717, 1.165) is 12.8 Å². The molecular formula is C10H15N3O2. The highest BCUT2D eigenvalue weighted by molar-refractivity contribution is 5.93. The van der Waals surface area contributed by atoms with Crippen LogP contribution in [-0.4, -0.2) is 29.1 Å². The van der Waals surface area contributed by atoms with E-state index in [1.807, 2.05) is 0 Å². The Morgan fingerprint density at radius 2 is 2.40 bits per heavy atom. The van der Waals surface area contributed by atoms with Crippen LogP contribution in [0.3, 0.4) is 0 Å². The molecule has 1 aliphatic rings. The number of hydrogen-bond donors (Lipinski definition) is 4. The van der Waals surface area contributed by atoms with Gasteiger partial charge in [0.1, 0.15) is 5.69 Å². The summed E-state index contributed by atoms with van der Waals surface area (Å²) in [6.07, 6.45) is 3.54. The highest BCUT2D eigenvalue weighted by Gasteiger charge is 2.42. The summed E-state index contributed by atoms with van der Waals surface area (Å²) in [5.74, 6) is -0.175. The fourth-order valence-electron chi connectivity index (χ4n) is 1.47. The maximum Gasteiger partial charge on any atom is 0.267 e. The summed E-state index contributed by atoms with van der Waals surface area (Å²) < 4.78 is 0. The lowest BCUT2D eigenvalue weighted by molar-refractivity contribution is 0.0931. The van der Waals surface area contributed by atoms with Crippen LogP contribution in [0.2, 0.25) is 0 Å².